The first-order chi connectivity index (χ1) is 9.80. The molecule has 20 heavy (non-hydrogen) atoms. The number of hydrogen-bond donors (Lipinski definition) is 1. The second-order valence-electron chi connectivity index (χ2n) is 5.42. The predicted octanol–water partition coefficient (Wildman–Crippen LogP) is 2.73. The molecular weight excluding hydrogens is 250 g/mol. The van der Waals surface area contributed by atoms with Crippen molar-refractivity contribution in [1.82, 2.24) is 19.7 Å². The van der Waals surface area contributed by atoms with Crippen LogP contribution >= 0.6 is 0 Å². The molecular formula is C15H13N5. The molecule has 4 rings (SSSR count). The monoisotopic (exact) mass is 263 g/mol. The molecule has 0 amide bonds. The fourth-order valence-electron chi connectivity index (χ4n) is 2.57. The van der Waals surface area contributed by atoms with Gasteiger partial charge < -0.3 is 4.98 Å². The van der Waals surface area contributed by atoms with E-state index in [9.17, 15) is 0 Å². The Morgan fingerprint density at radius 2 is 2.30 bits per heavy atom. The van der Waals surface area contributed by atoms with Gasteiger partial charge in [0.2, 0.25) is 0 Å². The van der Waals surface area contributed by atoms with Crippen molar-refractivity contribution in [2.45, 2.75) is 19.4 Å². The molecule has 0 atom stereocenters. The molecule has 1 aliphatic rings. The molecule has 98 valence electrons. The fourth-order valence-corrected chi connectivity index (χ4v) is 2.57. The van der Waals surface area contributed by atoms with E-state index in [0.29, 0.717) is 6.54 Å². The van der Waals surface area contributed by atoms with E-state index in [4.69, 9.17) is 5.26 Å². The minimum Gasteiger partial charge on any atom is -0.346 e. The minimum atomic E-state index is -0.176. The van der Waals surface area contributed by atoms with Gasteiger partial charge in [0.05, 0.1) is 24.2 Å². The lowest BCUT2D eigenvalue weighted by atomic mass is 10.1. The Bertz CT molecular complexity index is 816. The van der Waals surface area contributed by atoms with Crippen molar-refractivity contribution in [2.24, 2.45) is 5.41 Å². The molecule has 0 radical (unpaired) electrons. The zero-order valence-corrected chi connectivity index (χ0v) is 10.9. The minimum absolute atomic E-state index is 0.176. The van der Waals surface area contributed by atoms with Crippen LogP contribution in [0.5, 0.6) is 0 Å². The van der Waals surface area contributed by atoms with Gasteiger partial charge in [0, 0.05) is 29.5 Å². The average molecular weight is 263 g/mol. The van der Waals surface area contributed by atoms with E-state index >= 15 is 0 Å². The van der Waals surface area contributed by atoms with E-state index in [1.807, 2.05) is 35.4 Å². The third-order valence-electron chi connectivity index (χ3n) is 3.96. The highest BCUT2D eigenvalue weighted by atomic mass is 15.3. The molecule has 1 N–H and O–H groups in total. The molecule has 1 aliphatic carbocycles. The molecule has 1 fully saturated rings. The molecule has 0 spiro atoms. The number of H-pyrrole nitrogens is 1. The molecule has 0 aromatic carbocycles. The van der Waals surface area contributed by atoms with Crippen LogP contribution < -0.4 is 0 Å². The van der Waals surface area contributed by atoms with Gasteiger partial charge >= 0.3 is 0 Å². The van der Waals surface area contributed by atoms with E-state index in [0.717, 1.165) is 35.0 Å². The van der Waals surface area contributed by atoms with Crippen molar-refractivity contribution in [3.63, 3.8) is 0 Å². The molecule has 5 nitrogen and oxygen atoms in total. The summed E-state index contributed by atoms with van der Waals surface area (Å²) in [7, 11) is 0. The molecule has 3 aromatic rings. The van der Waals surface area contributed by atoms with Gasteiger partial charge in [-0.05, 0) is 30.5 Å². The summed E-state index contributed by atoms with van der Waals surface area (Å²) in [5.74, 6) is 0. The van der Waals surface area contributed by atoms with E-state index in [1.54, 1.807) is 6.20 Å². The number of nitriles is 1. The molecule has 0 saturated heterocycles. The van der Waals surface area contributed by atoms with Gasteiger partial charge in [0.25, 0.3) is 0 Å². The van der Waals surface area contributed by atoms with Crippen molar-refractivity contribution in [2.75, 3.05) is 0 Å². The lowest BCUT2D eigenvalue weighted by molar-refractivity contribution is 0.486. The first-order valence-electron chi connectivity index (χ1n) is 6.66. The van der Waals surface area contributed by atoms with Crippen molar-refractivity contribution < 1.29 is 0 Å². The maximum Gasteiger partial charge on any atom is 0.137 e. The van der Waals surface area contributed by atoms with Crippen LogP contribution in [0.15, 0.2) is 36.9 Å². The highest BCUT2D eigenvalue weighted by Gasteiger charge is 2.43. The van der Waals surface area contributed by atoms with Crippen LogP contribution in [0.3, 0.4) is 0 Å². The normalized spacial score (nSPS) is 16.1. The number of nitrogens with one attached hydrogen (secondary N) is 1. The molecule has 0 bridgehead atoms. The van der Waals surface area contributed by atoms with E-state index in [2.05, 4.69) is 21.1 Å². The summed E-state index contributed by atoms with van der Waals surface area (Å²) in [4.78, 5) is 7.40. The average Bonchev–Trinajstić information content (AvgIpc) is 2.90. The van der Waals surface area contributed by atoms with E-state index in [1.165, 1.54) is 0 Å². The summed E-state index contributed by atoms with van der Waals surface area (Å²) in [6.45, 7) is 0.685. The molecule has 3 heterocycles. The topological polar surface area (TPSA) is 70.3 Å². The first-order valence-corrected chi connectivity index (χ1v) is 6.66. The number of nitrogens with zero attached hydrogens (tertiary/aromatic N) is 4. The second kappa shape index (κ2) is 3.94. The number of aromatic nitrogens is 4. The van der Waals surface area contributed by atoms with Crippen molar-refractivity contribution in [3.8, 4) is 17.2 Å². The molecule has 0 aliphatic heterocycles. The maximum absolute atomic E-state index is 9.15. The number of aromatic amines is 1. The summed E-state index contributed by atoms with van der Waals surface area (Å²) in [6, 6.07) is 6.41. The van der Waals surface area contributed by atoms with Crippen molar-refractivity contribution in [1.29, 1.82) is 5.26 Å². The molecule has 1 saturated carbocycles. The first kappa shape index (κ1) is 11.2. The zero-order chi connectivity index (χ0) is 13.6. The quantitative estimate of drug-likeness (QED) is 0.789. The van der Waals surface area contributed by atoms with Crippen LogP contribution in [0.4, 0.5) is 0 Å². The Balaban J connectivity index is 1.71. The highest BCUT2D eigenvalue weighted by Crippen LogP contribution is 2.46. The van der Waals surface area contributed by atoms with E-state index in [-0.39, 0.29) is 5.41 Å². The molecule has 3 aromatic heterocycles. The number of hydrogen-bond acceptors (Lipinski definition) is 3. The Hall–Kier alpha value is -2.61. The lowest BCUT2D eigenvalue weighted by Gasteiger charge is -2.04. The van der Waals surface area contributed by atoms with Crippen LogP contribution in [0.2, 0.25) is 0 Å². The zero-order valence-electron chi connectivity index (χ0n) is 10.9. The summed E-state index contributed by atoms with van der Waals surface area (Å²) in [6.07, 6.45) is 9.52. The standard InChI is InChI=1S/C15H13N5/c16-9-15(3-4-15)10-20-8-11(7-19-20)12-1-5-17-14-13(12)2-6-18-14/h1-2,5-8H,3-4,10H2,(H,17,18). The Labute approximate surface area is 115 Å². The Kier molecular flexibility index (Phi) is 2.21. The van der Waals surface area contributed by atoms with Gasteiger partial charge in [-0.1, -0.05) is 0 Å². The third kappa shape index (κ3) is 1.69. The van der Waals surface area contributed by atoms with Gasteiger partial charge in [-0.25, -0.2) is 4.98 Å². The molecule has 0 unspecified atom stereocenters. The van der Waals surface area contributed by atoms with Gasteiger partial charge in [0.1, 0.15) is 5.65 Å². The largest absolute Gasteiger partial charge is 0.346 e. The Morgan fingerprint density at radius 3 is 3.10 bits per heavy atom. The fraction of sp³-hybridized carbons (Fsp3) is 0.267. The Morgan fingerprint density at radius 1 is 1.40 bits per heavy atom. The van der Waals surface area contributed by atoms with Crippen LogP contribution in [-0.2, 0) is 6.54 Å². The second-order valence-corrected chi connectivity index (χ2v) is 5.42. The van der Waals surface area contributed by atoms with Crippen molar-refractivity contribution in [3.05, 3.63) is 36.9 Å². The van der Waals surface area contributed by atoms with Gasteiger partial charge in [0.15, 0.2) is 0 Å². The van der Waals surface area contributed by atoms with Gasteiger partial charge in [-0.15, -0.1) is 0 Å². The van der Waals surface area contributed by atoms with Crippen molar-refractivity contribution >= 4 is 11.0 Å². The van der Waals surface area contributed by atoms with Crippen LogP contribution in [0.1, 0.15) is 12.8 Å². The number of pyridine rings is 1. The highest BCUT2D eigenvalue weighted by molar-refractivity contribution is 5.92. The van der Waals surface area contributed by atoms with Crippen LogP contribution in [-0.4, -0.2) is 19.7 Å². The summed E-state index contributed by atoms with van der Waals surface area (Å²) < 4.78 is 1.88. The SMILES string of the molecule is N#CC1(Cn2cc(-c3ccnc4[nH]ccc34)cn2)CC1. The van der Waals surface area contributed by atoms with E-state index < -0.39 is 0 Å². The lowest BCUT2D eigenvalue weighted by Crippen LogP contribution is -2.09. The predicted molar refractivity (Wildman–Crippen MR) is 74.6 cm³/mol. The number of rotatable bonds is 3. The summed E-state index contributed by atoms with van der Waals surface area (Å²) in [5.41, 5.74) is 2.88. The van der Waals surface area contributed by atoms with Gasteiger partial charge in [-0.2, -0.15) is 10.4 Å². The van der Waals surface area contributed by atoms with Crippen LogP contribution in [0, 0.1) is 16.7 Å². The third-order valence-corrected chi connectivity index (χ3v) is 3.96. The van der Waals surface area contributed by atoms with Crippen LogP contribution in [0.25, 0.3) is 22.2 Å². The van der Waals surface area contributed by atoms with Gasteiger partial charge in [-0.3, -0.25) is 4.68 Å². The summed E-state index contributed by atoms with van der Waals surface area (Å²) in [5, 5.41) is 14.6. The summed E-state index contributed by atoms with van der Waals surface area (Å²) >= 11 is 0. The number of fused-ring (bicyclic) bond motifs is 1. The molecule has 5 heteroatoms. The maximum atomic E-state index is 9.15. The smallest absolute Gasteiger partial charge is 0.137 e.